The Kier molecular flexibility index (Phi) is 5.04. The van der Waals surface area contributed by atoms with Crippen LogP contribution in [0.1, 0.15) is 77.6 Å². The Labute approximate surface area is 125 Å². The average molecular weight is 278 g/mol. The maximum absolute atomic E-state index is 4.03. The van der Waals surface area contributed by atoms with Gasteiger partial charge < -0.3 is 5.32 Å². The molecule has 2 heteroatoms. The SMILES string of the molecule is CCCNC(C1CCCC1)C1(N2CCCC2)CCCC1. The van der Waals surface area contributed by atoms with E-state index in [9.17, 15) is 0 Å². The third-order valence-corrected chi connectivity index (χ3v) is 6.27. The van der Waals surface area contributed by atoms with E-state index in [4.69, 9.17) is 0 Å². The average Bonchev–Trinajstić information content (AvgIpc) is 3.22. The van der Waals surface area contributed by atoms with E-state index >= 15 is 0 Å². The van der Waals surface area contributed by atoms with Gasteiger partial charge in [-0.15, -0.1) is 0 Å². The molecule has 1 saturated heterocycles. The van der Waals surface area contributed by atoms with Gasteiger partial charge in [0.1, 0.15) is 0 Å². The van der Waals surface area contributed by atoms with Crippen LogP contribution in [0.4, 0.5) is 0 Å². The van der Waals surface area contributed by atoms with Gasteiger partial charge in [-0.05, 0) is 70.5 Å². The molecule has 0 amide bonds. The molecule has 0 aromatic rings. The summed E-state index contributed by atoms with van der Waals surface area (Å²) < 4.78 is 0. The summed E-state index contributed by atoms with van der Waals surface area (Å²) >= 11 is 0. The van der Waals surface area contributed by atoms with Crippen LogP contribution in [-0.4, -0.2) is 36.1 Å². The van der Waals surface area contributed by atoms with E-state index in [1.54, 1.807) is 0 Å². The quantitative estimate of drug-likeness (QED) is 0.791. The lowest BCUT2D eigenvalue weighted by Gasteiger charge is -2.48. The van der Waals surface area contributed by atoms with E-state index in [1.165, 1.54) is 90.3 Å². The number of hydrogen-bond donors (Lipinski definition) is 1. The highest BCUT2D eigenvalue weighted by molar-refractivity contribution is 5.07. The summed E-state index contributed by atoms with van der Waals surface area (Å²) in [6.45, 7) is 6.28. The second kappa shape index (κ2) is 6.79. The highest BCUT2D eigenvalue weighted by Crippen LogP contribution is 2.45. The third-order valence-electron chi connectivity index (χ3n) is 6.27. The van der Waals surface area contributed by atoms with E-state index in [-0.39, 0.29) is 0 Å². The predicted molar refractivity (Wildman–Crippen MR) is 86.0 cm³/mol. The molecule has 0 radical (unpaired) electrons. The first kappa shape index (κ1) is 14.8. The smallest absolute Gasteiger partial charge is 0.0365 e. The predicted octanol–water partition coefficient (Wildman–Crippen LogP) is 3.95. The molecule has 0 spiro atoms. The second-order valence-corrected chi connectivity index (χ2v) is 7.48. The van der Waals surface area contributed by atoms with Crippen LogP contribution in [0.3, 0.4) is 0 Å². The fraction of sp³-hybridized carbons (Fsp3) is 1.00. The first-order valence-corrected chi connectivity index (χ1v) is 9.35. The molecule has 1 atom stereocenters. The van der Waals surface area contributed by atoms with Crippen molar-refractivity contribution in [3.63, 3.8) is 0 Å². The molecule has 2 nitrogen and oxygen atoms in total. The van der Waals surface area contributed by atoms with Crippen LogP contribution in [0.15, 0.2) is 0 Å². The van der Waals surface area contributed by atoms with Crippen LogP contribution in [-0.2, 0) is 0 Å². The van der Waals surface area contributed by atoms with Gasteiger partial charge in [0.2, 0.25) is 0 Å². The highest BCUT2D eigenvalue weighted by Gasteiger charge is 2.49. The van der Waals surface area contributed by atoms with E-state index in [0.717, 1.165) is 12.0 Å². The lowest BCUT2D eigenvalue weighted by atomic mass is 9.78. The van der Waals surface area contributed by atoms with Crippen molar-refractivity contribution < 1.29 is 0 Å². The van der Waals surface area contributed by atoms with Gasteiger partial charge in [0.05, 0.1) is 0 Å². The van der Waals surface area contributed by atoms with E-state index < -0.39 is 0 Å². The Hall–Kier alpha value is -0.0800. The molecule has 0 aromatic heterocycles. The van der Waals surface area contributed by atoms with Crippen LogP contribution in [0.5, 0.6) is 0 Å². The lowest BCUT2D eigenvalue weighted by molar-refractivity contribution is 0.0512. The Morgan fingerprint density at radius 2 is 1.65 bits per heavy atom. The third kappa shape index (κ3) is 2.78. The Morgan fingerprint density at radius 1 is 1.00 bits per heavy atom. The summed E-state index contributed by atoms with van der Waals surface area (Å²) in [5, 5.41) is 4.03. The zero-order chi connectivity index (χ0) is 13.8. The summed E-state index contributed by atoms with van der Waals surface area (Å²) in [6.07, 6.45) is 15.9. The number of nitrogens with zero attached hydrogens (tertiary/aromatic N) is 1. The lowest BCUT2D eigenvalue weighted by Crippen LogP contribution is -2.61. The highest BCUT2D eigenvalue weighted by atomic mass is 15.2. The number of rotatable bonds is 6. The van der Waals surface area contributed by atoms with Gasteiger partial charge >= 0.3 is 0 Å². The van der Waals surface area contributed by atoms with Crippen molar-refractivity contribution in [2.45, 2.75) is 89.1 Å². The van der Waals surface area contributed by atoms with Crippen molar-refractivity contribution in [1.29, 1.82) is 0 Å². The van der Waals surface area contributed by atoms with Crippen LogP contribution in [0, 0.1) is 5.92 Å². The standard InChI is InChI=1S/C18H34N2/c1-2-13-19-17(16-9-3-4-10-16)18(11-5-6-12-18)20-14-7-8-15-20/h16-17,19H,2-15H2,1H3. The van der Waals surface area contributed by atoms with Crippen LogP contribution in [0.25, 0.3) is 0 Å². The van der Waals surface area contributed by atoms with E-state index in [2.05, 4.69) is 17.1 Å². The molecule has 0 aromatic carbocycles. The Morgan fingerprint density at radius 3 is 2.25 bits per heavy atom. The van der Waals surface area contributed by atoms with Crippen molar-refractivity contribution in [3.8, 4) is 0 Å². The molecule has 116 valence electrons. The summed E-state index contributed by atoms with van der Waals surface area (Å²) in [5.74, 6) is 0.959. The van der Waals surface area contributed by atoms with Gasteiger partial charge in [-0.25, -0.2) is 0 Å². The van der Waals surface area contributed by atoms with Crippen molar-refractivity contribution in [2.24, 2.45) is 5.92 Å². The first-order chi connectivity index (χ1) is 9.87. The summed E-state index contributed by atoms with van der Waals surface area (Å²) in [5.41, 5.74) is 0.528. The monoisotopic (exact) mass is 278 g/mol. The number of likely N-dealkylation sites (tertiary alicyclic amines) is 1. The van der Waals surface area contributed by atoms with Crippen molar-refractivity contribution in [3.05, 3.63) is 0 Å². The molecule has 1 unspecified atom stereocenters. The molecular formula is C18H34N2. The minimum Gasteiger partial charge on any atom is -0.312 e. The maximum atomic E-state index is 4.03. The second-order valence-electron chi connectivity index (χ2n) is 7.48. The summed E-state index contributed by atoms with van der Waals surface area (Å²) in [7, 11) is 0. The van der Waals surface area contributed by atoms with Gasteiger partial charge in [-0.2, -0.15) is 0 Å². The van der Waals surface area contributed by atoms with Crippen molar-refractivity contribution >= 4 is 0 Å². The van der Waals surface area contributed by atoms with E-state index in [0.29, 0.717) is 5.54 Å². The molecule has 1 aliphatic heterocycles. The zero-order valence-electron chi connectivity index (χ0n) is 13.5. The van der Waals surface area contributed by atoms with Gasteiger partial charge in [-0.3, -0.25) is 4.90 Å². The molecule has 2 aliphatic carbocycles. The van der Waals surface area contributed by atoms with E-state index in [1.807, 2.05) is 0 Å². The fourth-order valence-electron chi connectivity index (χ4n) is 5.36. The maximum Gasteiger partial charge on any atom is 0.0365 e. The van der Waals surface area contributed by atoms with Gasteiger partial charge in [0, 0.05) is 11.6 Å². The normalized spacial score (nSPS) is 29.2. The first-order valence-electron chi connectivity index (χ1n) is 9.35. The van der Waals surface area contributed by atoms with Gasteiger partial charge in [0.15, 0.2) is 0 Å². The van der Waals surface area contributed by atoms with Crippen molar-refractivity contribution in [2.75, 3.05) is 19.6 Å². The minimum atomic E-state index is 0.528. The number of hydrogen-bond acceptors (Lipinski definition) is 2. The molecule has 3 aliphatic rings. The summed E-state index contributed by atoms with van der Waals surface area (Å²) in [6, 6.07) is 0.783. The molecule has 0 bridgehead atoms. The Balaban J connectivity index is 1.80. The largest absolute Gasteiger partial charge is 0.312 e. The molecule has 3 rings (SSSR count). The molecule has 1 N–H and O–H groups in total. The minimum absolute atomic E-state index is 0.528. The fourth-order valence-corrected chi connectivity index (χ4v) is 5.36. The van der Waals surface area contributed by atoms with Crippen molar-refractivity contribution in [1.82, 2.24) is 10.2 Å². The molecule has 1 heterocycles. The topological polar surface area (TPSA) is 15.3 Å². The van der Waals surface area contributed by atoms with Crippen LogP contribution < -0.4 is 5.32 Å². The zero-order valence-corrected chi connectivity index (χ0v) is 13.5. The molecule has 3 fully saturated rings. The summed E-state index contributed by atoms with van der Waals surface area (Å²) in [4.78, 5) is 2.91. The van der Waals surface area contributed by atoms with Gasteiger partial charge in [0.25, 0.3) is 0 Å². The van der Waals surface area contributed by atoms with Crippen LogP contribution in [0.2, 0.25) is 0 Å². The molecule has 20 heavy (non-hydrogen) atoms. The number of nitrogens with one attached hydrogen (secondary N) is 1. The van der Waals surface area contributed by atoms with Gasteiger partial charge in [-0.1, -0.05) is 32.6 Å². The Bertz CT molecular complexity index is 284. The molecular weight excluding hydrogens is 244 g/mol. The van der Waals surface area contributed by atoms with Crippen LogP contribution >= 0.6 is 0 Å². The molecule has 2 saturated carbocycles.